The van der Waals surface area contributed by atoms with E-state index in [1.165, 1.54) is 4.90 Å². The number of rotatable bonds is 5. The minimum atomic E-state index is -0.932. The van der Waals surface area contributed by atoms with Crippen LogP contribution in [0.5, 0.6) is 0 Å². The van der Waals surface area contributed by atoms with Gasteiger partial charge in [0.1, 0.15) is 6.04 Å². The van der Waals surface area contributed by atoms with Gasteiger partial charge in [0, 0.05) is 18.9 Å². The third-order valence-electron chi connectivity index (χ3n) is 2.97. The quantitative estimate of drug-likeness (QED) is 0.793. The third kappa shape index (κ3) is 3.19. The van der Waals surface area contributed by atoms with E-state index in [2.05, 4.69) is 0 Å². The van der Waals surface area contributed by atoms with Gasteiger partial charge in [-0.15, -0.1) is 0 Å². The highest BCUT2D eigenvalue weighted by Crippen LogP contribution is 2.21. The Morgan fingerprint density at radius 2 is 2.12 bits per heavy atom. The Bertz CT molecular complexity index is 347. The lowest BCUT2D eigenvalue weighted by atomic mass is 9.91. The van der Waals surface area contributed by atoms with Crippen LogP contribution in [0.25, 0.3) is 0 Å². The highest BCUT2D eigenvalue weighted by Gasteiger charge is 2.33. The lowest BCUT2D eigenvalue weighted by molar-refractivity contribution is -0.151. The lowest BCUT2D eigenvalue weighted by Gasteiger charge is -2.32. The van der Waals surface area contributed by atoms with Gasteiger partial charge in [0.15, 0.2) is 0 Å². The van der Waals surface area contributed by atoms with Crippen molar-refractivity contribution < 1.29 is 14.7 Å². The molecule has 4 nitrogen and oxygen atoms in total. The molecular formula is C13H19NO3. The van der Waals surface area contributed by atoms with Gasteiger partial charge in [-0.3, -0.25) is 4.79 Å². The average molecular weight is 237 g/mol. The number of hydrogen-bond donors (Lipinski definition) is 1. The molecule has 0 saturated carbocycles. The molecule has 0 aromatic rings. The molecule has 2 atom stereocenters. The van der Waals surface area contributed by atoms with Crippen molar-refractivity contribution >= 4 is 11.9 Å². The van der Waals surface area contributed by atoms with Gasteiger partial charge in [-0.1, -0.05) is 31.2 Å². The van der Waals surface area contributed by atoms with E-state index in [-0.39, 0.29) is 11.8 Å². The lowest BCUT2D eigenvalue weighted by Crippen LogP contribution is -2.48. The summed E-state index contributed by atoms with van der Waals surface area (Å²) in [4.78, 5) is 24.6. The molecular weight excluding hydrogens is 218 g/mol. The standard InChI is InChI=1S/C13H19NO3/c1-3-11(15)14(4-2)12(13(16)17)10-8-6-5-7-9-10/h5-8,10,12H,3-4,9H2,1-2H3,(H,16,17). The van der Waals surface area contributed by atoms with E-state index >= 15 is 0 Å². The molecule has 17 heavy (non-hydrogen) atoms. The molecule has 0 aromatic carbocycles. The summed E-state index contributed by atoms with van der Waals surface area (Å²) in [5, 5.41) is 9.32. The molecule has 1 N–H and O–H groups in total. The van der Waals surface area contributed by atoms with Crippen molar-refractivity contribution in [2.45, 2.75) is 32.7 Å². The first-order valence-electron chi connectivity index (χ1n) is 5.97. The first-order valence-corrected chi connectivity index (χ1v) is 5.97. The van der Waals surface area contributed by atoms with Crippen LogP contribution in [0.4, 0.5) is 0 Å². The zero-order valence-electron chi connectivity index (χ0n) is 10.3. The summed E-state index contributed by atoms with van der Waals surface area (Å²) >= 11 is 0. The zero-order valence-corrected chi connectivity index (χ0v) is 10.3. The summed E-state index contributed by atoms with van der Waals surface area (Å²) in [6.07, 6.45) is 8.54. The molecule has 1 rings (SSSR count). The zero-order chi connectivity index (χ0) is 12.8. The Morgan fingerprint density at radius 3 is 2.53 bits per heavy atom. The maximum Gasteiger partial charge on any atom is 0.327 e. The maximum absolute atomic E-state index is 11.8. The van der Waals surface area contributed by atoms with Crippen molar-refractivity contribution in [1.29, 1.82) is 0 Å². The number of carboxylic acids is 1. The molecule has 0 spiro atoms. The molecule has 0 fully saturated rings. The molecule has 1 aliphatic rings. The first kappa shape index (κ1) is 13.5. The van der Waals surface area contributed by atoms with E-state index in [1.807, 2.05) is 31.2 Å². The van der Waals surface area contributed by atoms with Crippen LogP contribution in [0.1, 0.15) is 26.7 Å². The van der Waals surface area contributed by atoms with E-state index in [0.29, 0.717) is 19.4 Å². The van der Waals surface area contributed by atoms with Gasteiger partial charge >= 0.3 is 5.97 Å². The topological polar surface area (TPSA) is 57.6 Å². The van der Waals surface area contributed by atoms with Gasteiger partial charge in [-0.25, -0.2) is 4.79 Å². The summed E-state index contributed by atoms with van der Waals surface area (Å²) in [7, 11) is 0. The molecule has 2 unspecified atom stereocenters. The van der Waals surface area contributed by atoms with Crippen LogP contribution >= 0.6 is 0 Å². The normalized spacial score (nSPS) is 20.0. The summed E-state index contributed by atoms with van der Waals surface area (Å²) in [6, 6.07) is -0.756. The van der Waals surface area contributed by atoms with E-state index in [0.717, 1.165) is 0 Å². The molecule has 94 valence electrons. The van der Waals surface area contributed by atoms with Crippen molar-refractivity contribution in [2.75, 3.05) is 6.54 Å². The molecule has 1 amide bonds. The van der Waals surface area contributed by atoms with Gasteiger partial charge < -0.3 is 10.0 Å². The Morgan fingerprint density at radius 1 is 1.41 bits per heavy atom. The number of aliphatic carboxylic acids is 1. The van der Waals surface area contributed by atoms with Crippen molar-refractivity contribution in [3.63, 3.8) is 0 Å². The Balaban J connectivity index is 2.90. The van der Waals surface area contributed by atoms with Crippen LogP contribution in [0.15, 0.2) is 24.3 Å². The first-order chi connectivity index (χ1) is 8.11. The fourth-order valence-electron chi connectivity index (χ4n) is 2.11. The van der Waals surface area contributed by atoms with E-state index in [4.69, 9.17) is 0 Å². The fourth-order valence-corrected chi connectivity index (χ4v) is 2.11. The van der Waals surface area contributed by atoms with Crippen LogP contribution in [0, 0.1) is 5.92 Å². The minimum absolute atomic E-state index is 0.108. The SMILES string of the molecule is CCC(=O)N(CC)C(C(=O)O)C1C=CC=CC1. The summed E-state index contributed by atoms with van der Waals surface area (Å²) in [5.74, 6) is -1.17. The van der Waals surface area contributed by atoms with Gasteiger partial charge in [-0.2, -0.15) is 0 Å². The molecule has 0 bridgehead atoms. The highest BCUT2D eigenvalue weighted by molar-refractivity contribution is 5.84. The second-order valence-corrected chi connectivity index (χ2v) is 4.03. The van der Waals surface area contributed by atoms with Gasteiger partial charge in [0.25, 0.3) is 0 Å². The number of amides is 1. The predicted molar refractivity (Wildman–Crippen MR) is 65.5 cm³/mol. The molecule has 0 saturated heterocycles. The number of hydrogen-bond acceptors (Lipinski definition) is 2. The van der Waals surface area contributed by atoms with Crippen molar-refractivity contribution in [2.24, 2.45) is 5.92 Å². The monoisotopic (exact) mass is 237 g/mol. The number of nitrogens with zero attached hydrogens (tertiary/aromatic N) is 1. The van der Waals surface area contributed by atoms with Gasteiger partial charge in [0.05, 0.1) is 0 Å². The second kappa shape index (κ2) is 6.23. The Hall–Kier alpha value is -1.58. The van der Waals surface area contributed by atoms with Crippen LogP contribution in [-0.2, 0) is 9.59 Å². The van der Waals surface area contributed by atoms with Crippen molar-refractivity contribution in [3.05, 3.63) is 24.3 Å². The third-order valence-corrected chi connectivity index (χ3v) is 2.97. The average Bonchev–Trinajstić information content (AvgIpc) is 2.35. The van der Waals surface area contributed by atoms with Gasteiger partial charge in [-0.05, 0) is 13.3 Å². The second-order valence-electron chi connectivity index (χ2n) is 4.03. The molecule has 0 aliphatic heterocycles. The number of likely N-dealkylation sites (N-methyl/N-ethyl adjacent to an activating group) is 1. The number of carbonyl (C=O) groups excluding carboxylic acids is 1. The van der Waals surface area contributed by atoms with Crippen molar-refractivity contribution in [1.82, 2.24) is 4.90 Å². The highest BCUT2D eigenvalue weighted by atomic mass is 16.4. The summed E-state index contributed by atoms with van der Waals surface area (Å²) in [5.41, 5.74) is 0. The number of carbonyl (C=O) groups is 2. The minimum Gasteiger partial charge on any atom is -0.480 e. The van der Waals surface area contributed by atoms with Crippen LogP contribution in [0.2, 0.25) is 0 Å². The van der Waals surface area contributed by atoms with E-state index < -0.39 is 12.0 Å². The predicted octanol–water partition coefficient (Wildman–Crippen LogP) is 1.83. The summed E-state index contributed by atoms with van der Waals surface area (Å²) in [6.45, 7) is 3.99. The van der Waals surface area contributed by atoms with Crippen LogP contribution in [-0.4, -0.2) is 34.5 Å². The van der Waals surface area contributed by atoms with Gasteiger partial charge in [0.2, 0.25) is 5.91 Å². The fraction of sp³-hybridized carbons (Fsp3) is 0.538. The summed E-state index contributed by atoms with van der Waals surface area (Å²) < 4.78 is 0. The van der Waals surface area contributed by atoms with Crippen LogP contribution < -0.4 is 0 Å². The molecule has 1 aliphatic carbocycles. The number of carboxylic acid groups (broad SMARTS) is 1. The Kier molecular flexibility index (Phi) is 4.94. The molecule has 0 aromatic heterocycles. The molecule has 4 heteroatoms. The maximum atomic E-state index is 11.8. The van der Waals surface area contributed by atoms with E-state index in [1.54, 1.807) is 6.92 Å². The Labute approximate surface area is 102 Å². The number of allylic oxidation sites excluding steroid dienone is 3. The van der Waals surface area contributed by atoms with E-state index in [9.17, 15) is 14.7 Å². The smallest absolute Gasteiger partial charge is 0.327 e. The van der Waals surface area contributed by atoms with Crippen LogP contribution in [0.3, 0.4) is 0 Å². The van der Waals surface area contributed by atoms with Crippen molar-refractivity contribution in [3.8, 4) is 0 Å². The largest absolute Gasteiger partial charge is 0.480 e. The molecule has 0 heterocycles. The molecule has 0 radical (unpaired) electrons.